The van der Waals surface area contributed by atoms with Crippen LogP contribution in [0.5, 0.6) is 0 Å². The molecule has 0 aliphatic carbocycles. The van der Waals surface area contributed by atoms with E-state index in [2.05, 4.69) is 5.32 Å². The highest BCUT2D eigenvalue weighted by Gasteiger charge is 2.32. The summed E-state index contributed by atoms with van der Waals surface area (Å²) in [6.07, 6.45) is 0.367. The van der Waals surface area contributed by atoms with Crippen molar-refractivity contribution in [2.24, 2.45) is 5.92 Å². The molecule has 1 aliphatic heterocycles. The molecule has 18 heavy (non-hydrogen) atoms. The number of nitrogens with one attached hydrogen (secondary N) is 1. The van der Waals surface area contributed by atoms with E-state index in [4.69, 9.17) is 5.26 Å². The van der Waals surface area contributed by atoms with Crippen molar-refractivity contribution in [3.8, 4) is 6.07 Å². The van der Waals surface area contributed by atoms with Crippen LogP contribution < -0.4 is 5.32 Å². The molecule has 1 fully saturated rings. The second-order valence-corrected chi connectivity index (χ2v) is 6.51. The number of carbonyl (C=O) groups excluding carboxylic acids is 1. The maximum Gasteiger partial charge on any atom is 0.228 e. The van der Waals surface area contributed by atoms with Crippen molar-refractivity contribution in [3.63, 3.8) is 0 Å². The molecule has 1 saturated heterocycles. The first-order valence-corrected chi connectivity index (χ1v) is 7.34. The molecule has 1 atom stereocenters. The van der Waals surface area contributed by atoms with Gasteiger partial charge in [0.25, 0.3) is 0 Å². The van der Waals surface area contributed by atoms with Crippen LogP contribution in [-0.4, -0.2) is 25.8 Å². The van der Waals surface area contributed by atoms with Gasteiger partial charge in [-0.25, -0.2) is 8.42 Å². The lowest BCUT2D eigenvalue weighted by atomic mass is 10.1. The van der Waals surface area contributed by atoms with Gasteiger partial charge in [0.15, 0.2) is 9.84 Å². The summed E-state index contributed by atoms with van der Waals surface area (Å²) in [5.41, 5.74) is 0.968. The molecular weight excluding hydrogens is 252 g/mol. The second-order valence-electron chi connectivity index (χ2n) is 4.28. The molecule has 0 unspecified atom stereocenters. The Labute approximate surface area is 105 Å². The second kappa shape index (κ2) is 4.78. The Morgan fingerprint density at radius 3 is 2.83 bits per heavy atom. The fraction of sp³-hybridized carbons (Fsp3) is 0.333. The van der Waals surface area contributed by atoms with Gasteiger partial charge in [-0.2, -0.15) is 5.26 Å². The van der Waals surface area contributed by atoms with Crippen molar-refractivity contribution in [2.75, 3.05) is 16.8 Å². The summed E-state index contributed by atoms with van der Waals surface area (Å²) in [5, 5.41) is 11.4. The van der Waals surface area contributed by atoms with Gasteiger partial charge in [-0.3, -0.25) is 4.79 Å². The van der Waals surface area contributed by atoms with E-state index >= 15 is 0 Å². The van der Waals surface area contributed by atoms with Crippen molar-refractivity contribution >= 4 is 21.4 Å². The number of hydrogen-bond acceptors (Lipinski definition) is 4. The number of hydrogen-bond donors (Lipinski definition) is 1. The van der Waals surface area contributed by atoms with E-state index < -0.39 is 15.8 Å². The lowest BCUT2D eigenvalue weighted by molar-refractivity contribution is -0.119. The first-order valence-electron chi connectivity index (χ1n) is 5.51. The van der Waals surface area contributed by atoms with Crippen LogP contribution in [0.15, 0.2) is 24.3 Å². The molecule has 2 rings (SSSR count). The molecule has 1 heterocycles. The van der Waals surface area contributed by atoms with Gasteiger partial charge in [-0.1, -0.05) is 6.07 Å². The molecule has 0 aromatic heterocycles. The molecule has 1 aromatic carbocycles. The van der Waals surface area contributed by atoms with Crippen LogP contribution in [0.2, 0.25) is 0 Å². The molecule has 6 heteroatoms. The van der Waals surface area contributed by atoms with E-state index in [1.54, 1.807) is 24.3 Å². The van der Waals surface area contributed by atoms with Crippen molar-refractivity contribution in [1.82, 2.24) is 0 Å². The standard InChI is InChI=1S/C12H12N2O3S/c13-7-9-2-1-3-11(6-9)14-12(15)10-4-5-18(16,17)8-10/h1-3,6,10H,4-5,8H2,(H,14,15)/t10-/m1/s1. The van der Waals surface area contributed by atoms with Gasteiger partial charge in [0, 0.05) is 5.69 Å². The van der Waals surface area contributed by atoms with Crippen molar-refractivity contribution in [3.05, 3.63) is 29.8 Å². The van der Waals surface area contributed by atoms with Crippen LogP contribution in [0.3, 0.4) is 0 Å². The van der Waals surface area contributed by atoms with Crippen LogP contribution in [0.25, 0.3) is 0 Å². The zero-order valence-electron chi connectivity index (χ0n) is 9.59. The van der Waals surface area contributed by atoms with Gasteiger partial charge in [0.2, 0.25) is 5.91 Å². The third-order valence-electron chi connectivity index (χ3n) is 2.86. The quantitative estimate of drug-likeness (QED) is 0.860. The van der Waals surface area contributed by atoms with Crippen LogP contribution >= 0.6 is 0 Å². The summed E-state index contributed by atoms with van der Waals surface area (Å²) in [6, 6.07) is 8.50. The number of benzene rings is 1. The van der Waals surface area contributed by atoms with E-state index in [0.29, 0.717) is 17.7 Å². The summed E-state index contributed by atoms with van der Waals surface area (Å²) in [6.45, 7) is 0. The van der Waals surface area contributed by atoms with Gasteiger partial charge in [-0.15, -0.1) is 0 Å². The fourth-order valence-corrected chi connectivity index (χ4v) is 3.65. The van der Waals surface area contributed by atoms with E-state index in [0.717, 1.165) is 0 Å². The normalized spacial score (nSPS) is 21.2. The molecule has 1 N–H and O–H groups in total. The van der Waals surface area contributed by atoms with Crippen molar-refractivity contribution in [2.45, 2.75) is 6.42 Å². The fourth-order valence-electron chi connectivity index (χ4n) is 1.91. The molecule has 94 valence electrons. The van der Waals surface area contributed by atoms with Crippen molar-refractivity contribution in [1.29, 1.82) is 5.26 Å². The summed E-state index contributed by atoms with van der Waals surface area (Å²) >= 11 is 0. The topological polar surface area (TPSA) is 87.0 Å². The van der Waals surface area contributed by atoms with Gasteiger partial charge >= 0.3 is 0 Å². The summed E-state index contributed by atoms with van der Waals surface area (Å²) in [4.78, 5) is 11.8. The highest BCUT2D eigenvalue weighted by Crippen LogP contribution is 2.20. The summed E-state index contributed by atoms with van der Waals surface area (Å²) in [5.74, 6) is -0.799. The first kappa shape index (κ1) is 12.6. The monoisotopic (exact) mass is 264 g/mol. The number of amides is 1. The average Bonchev–Trinajstić information content (AvgIpc) is 2.70. The van der Waals surface area contributed by atoms with E-state index in [1.807, 2.05) is 6.07 Å². The Morgan fingerprint density at radius 1 is 1.44 bits per heavy atom. The molecule has 0 radical (unpaired) electrons. The number of sulfone groups is 1. The molecule has 1 aromatic rings. The predicted octanol–water partition coefficient (Wildman–Crippen LogP) is 0.931. The Balaban J connectivity index is 2.06. The van der Waals surface area contributed by atoms with Gasteiger partial charge < -0.3 is 5.32 Å². The molecule has 0 spiro atoms. The van der Waals surface area contributed by atoms with Crippen LogP contribution in [0, 0.1) is 17.2 Å². The number of carbonyl (C=O) groups is 1. The number of rotatable bonds is 2. The Kier molecular flexibility index (Phi) is 3.34. The molecule has 5 nitrogen and oxygen atoms in total. The smallest absolute Gasteiger partial charge is 0.228 e. The Bertz CT molecular complexity index is 616. The molecular formula is C12H12N2O3S. The lowest BCUT2D eigenvalue weighted by Gasteiger charge is -2.09. The van der Waals surface area contributed by atoms with Gasteiger partial charge in [0.1, 0.15) is 0 Å². The lowest BCUT2D eigenvalue weighted by Crippen LogP contribution is -2.23. The van der Waals surface area contributed by atoms with Gasteiger partial charge in [0.05, 0.1) is 29.1 Å². The third-order valence-corrected chi connectivity index (χ3v) is 4.63. The minimum Gasteiger partial charge on any atom is -0.326 e. The van der Waals surface area contributed by atoms with Crippen molar-refractivity contribution < 1.29 is 13.2 Å². The minimum atomic E-state index is -3.06. The van der Waals surface area contributed by atoms with E-state index in [-0.39, 0.29) is 17.4 Å². The molecule has 0 bridgehead atoms. The van der Waals surface area contributed by atoms with E-state index in [1.165, 1.54) is 0 Å². The highest BCUT2D eigenvalue weighted by atomic mass is 32.2. The number of anilines is 1. The van der Waals surface area contributed by atoms with Gasteiger partial charge in [-0.05, 0) is 24.6 Å². The first-order chi connectivity index (χ1) is 8.50. The Hall–Kier alpha value is -1.87. The third kappa shape index (κ3) is 2.87. The zero-order chi connectivity index (χ0) is 13.2. The number of nitrogens with zero attached hydrogens (tertiary/aromatic N) is 1. The maximum absolute atomic E-state index is 11.8. The highest BCUT2D eigenvalue weighted by molar-refractivity contribution is 7.91. The largest absolute Gasteiger partial charge is 0.326 e. The zero-order valence-corrected chi connectivity index (χ0v) is 10.4. The molecule has 1 amide bonds. The molecule has 1 aliphatic rings. The predicted molar refractivity (Wildman–Crippen MR) is 66.5 cm³/mol. The average molecular weight is 264 g/mol. The van der Waals surface area contributed by atoms with Crippen LogP contribution in [-0.2, 0) is 14.6 Å². The summed E-state index contributed by atoms with van der Waals surface area (Å²) in [7, 11) is -3.06. The Morgan fingerprint density at radius 2 is 2.22 bits per heavy atom. The van der Waals surface area contributed by atoms with E-state index in [9.17, 15) is 13.2 Å². The molecule has 0 saturated carbocycles. The SMILES string of the molecule is N#Cc1cccc(NC(=O)[C@@H]2CCS(=O)(=O)C2)c1. The van der Waals surface area contributed by atoms with Crippen LogP contribution in [0.4, 0.5) is 5.69 Å². The minimum absolute atomic E-state index is 0.0727. The summed E-state index contributed by atoms with van der Waals surface area (Å²) < 4.78 is 22.6. The van der Waals surface area contributed by atoms with Crippen LogP contribution in [0.1, 0.15) is 12.0 Å². The number of nitriles is 1. The maximum atomic E-state index is 11.8.